The third-order valence-electron chi connectivity index (χ3n) is 3.17. The lowest BCUT2D eigenvalue weighted by Crippen LogP contribution is -2.25. The fraction of sp³-hybridized carbons (Fsp3) is 0.250. The minimum Gasteiger partial charge on any atom is -0.496 e. The van der Waals surface area contributed by atoms with E-state index in [9.17, 15) is 4.79 Å². The van der Waals surface area contributed by atoms with Crippen LogP contribution in [-0.2, 0) is 6.42 Å². The zero-order valence-electron chi connectivity index (χ0n) is 12.0. The second-order valence-electron chi connectivity index (χ2n) is 4.66. The number of nitrogens with zero attached hydrogens (tertiary/aromatic N) is 1. The molecule has 1 N–H and O–H groups in total. The summed E-state index contributed by atoms with van der Waals surface area (Å²) in [5, 5.41) is 3.55. The lowest BCUT2D eigenvalue weighted by Gasteiger charge is -2.11. The molecule has 0 bridgehead atoms. The standard InChI is InChI=1S/C16H17ClN2O2/c1-11-8-15(21-2)12(9-14(11)17)5-7-19-16(20)13-4-3-6-18-10-13/h3-4,6,8-10H,5,7H2,1-2H3,(H,19,20). The fourth-order valence-corrected chi connectivity index (χ4v) is 2.18. The average Bonchev–Trinajstić information content (AvgIpc) is 2.51. The van der Waals surface area contributed by atoms with Gasteiger partial charge in [-0.15, -0.1) is 0 Å². The van der Waals surface area contributed by atoms with Crippen molar-refractivity contribution in [2.75, 3.05) is 13.7 Å². The number of aryl methyl sites for hydroxylation is 1. The molecule has 0 spiro atoms. The second kappa shape index (κ2) is 7.09. The molecule has 1 amide bonds. The van der Waals surface area contributed by atoms with Gasteiger partial charge in [0.05, 0.1) is 12.7 Å². The van der Waals surface area contributed by atoms with Gasteiger partial charge < -0.3 is 10.1 Å². The number of carbonyl (C=O) groups excluding carboxylic acids is 1. The number of carbonyl (C=O) groups is 1. The van der Waals surface area contributed by atoms with Crippen LogP contribution >= 0.6 is 11.6 Å². The molecule has 0 aliphatic rings. The topological polar surface area (TPSA) is 51.2 Å². The first kappa shape index (κ1) is 15.3. The quantitative estimate of drug-likeness (QED) is 0.924. The van der Waals surface area contributed by atoms with Gasteiger partial charge in [0.1, 0.15) is 5.75 Å². The molecule has 4 nitrogen and oxygen atoms in total. The van der Waals surface area contributed by atoms with E-state index in [0.717, 1.165) is 16.9 Å². The Balaban J connectivity index is 1.98. The Morgan fingerprint density at radius 1 is 1.43 bits per heavy atom. The van der Waals surface area contributed by atoms with Crippen molar-refractivity contribution in [3.05, 3.63) is 58.4 Å². The van der Waals surface area contributed by atoms with Gasteiger partial charge >= 0.3 is 0 Å². The normalized spacial score (nSPS) is 10.2. The molecular formula is C16H17ClN2O2. The summed E-state index contributed by atoms with van der Waals surface area (Å²) < 4.78 is 5.34. The minimum atomic E-state index is -0.139. The van der Waals surface area contributed by atoms with Gasteiger partial charge in [-0.05, 0) is 48.7 Å². The zero-order valence-corrected chi connectivity index (χ0v) is 12.8. The predicted molar refractivity (Wildman–Crippen MR) is 83.0 cm³/mol. The molecule has 0 fully saturated rings. The third kappa shape index (κ3) is 3.95. The first-order valence-electron chi connectivity index (χ1n) is 6.63. The van der Waals surface area contributed by atoms with Crippen molar-refractivity contribution in [2.24, 2.45) is 0 Å². The van der Waals surface area contributed by atoms with Crippen LogP contribution in [0, 0.1) is 6.92 Å². The third-order valence-corrected chi connectivity index (χ3v) is 3.57. The number of pyridine rings is 1. The van der Waals surface area contributed by atoms with Crippen molar-refractivity contribution in [1.29, 1.82) is 0 Å². The number of nitrogens with one attached hydrogen (secondary N) is 1. The highest BCUT2D eigenvalue weighted by Gasteiger charge is 2.08. The van der Waals surface area contributed by atoms with Crippen molar-refractivity contribution in [3.63, 3.8) is 0 Å². The molecule has 0 unspecified atom stereocenters. The summed E-state index contributed by atoms with van der Waals surface area (Å²) >= 11 is 6.13. The van der Waals surface area contributed by atoms with Crippen molar-refractivity contribution in [2.45, 2.75) is 13.3 Å². The van der Waals surface area contributed by atoms with E-state index in [0.29, 0.717) is 23.6 Å². The van der Waals surface area contributed by atoms with Gasteiger partial charge in [0.15, 0.2) is 0 Å². The smallest absolute Gasteiger partial charge is 0.252 e. The largest absolute Gasteiger partial charge is 0.496 e. The van der Waals surface area contributed by atoms with Crippen LogP contribution in [0.4, 0.5) is 0 Å². The van der Waals surface area contributed by atoms with E-state index < -0.39 is 0 Å². The number of rotatable bonds is 5. The van der Waals surface area contributed by atoms with Crippen molar-refractivity contribution in [1.82, 2.24) is 10.3 Å². The summed E-state index contributed by atoms with van der Waals surface area (Å²) in [4.78, 5) is 15.8. The van der Waals surface area contributed by atoms with Crippen LogP contribution in [0.1, 0.15) is 21.5 Å². The van der Waals surface area contributed by atoms with Crippen molar-refractivity contribution >= 4 is 17.5 Å². The van der Waals surface area contributed by atoms with Crippen LogP contribution in [-0.4, -0.2) is 24.5 Å². The molecule has 5 heteroatoms. The fourth-order valence-electron chi connectivity index (χ4n) is 1.99. The molecule has 2 aromatic rings. The molecule has 2 rings (SSSR count). The Morgan fingerprint density at radius 3 is 2.90 bits per heavy atom. The zero-order chi connectivity index (χ0) is 15.2. The first-order valence-corrected chi connectivity index (χ1v) is 7.01. The molecule has 1 aromatic heterocycles. The molecule has 0 aliphatic carbocycles. The van der Waals surface area contributed by atoms with Crippen molar-refractivity contribution in [3.8, 4) is 5.75 Å². The van der Waals surface area contributed by atoms with Crippen LogP contribution in [0.15, 0.2) is 36.7 Å². The number of amides is 1. The van der Waals surface area contributed by atoms with Gasteiger partial charge in [0.25, 0.3) is 5.91 Å². The van der Waals surface area contributed by atoms with E-state index in [4.69, 9.17) is 16.3 Å². The van der Waals surface area contributed by atoms with E-state index in [1.807, 2.05) is 19.1 Å². The van der Waals surface area contributed by atoms with Crippen LogP contribution in [0.5, 0.6) is 5.75 Å². The minimum absolute atomic E-state index is 0.139. The molecule has 0 atom stereocenters. The molecule has 0 aliphatic heterocycles. The summed E-state index contributed by atoms with van der Waals surface area (Å²) in [5.41, 5.74) is 2.49. The highest BCUT2D eigenvalue weighted by atomic mass is 35.5. The van der Waals surface area contributed by atoms with Gasteiger partial charge in [-0.2, -0.15) is 0 Å². The molecule has 1 aromatic carbocycles. The maximum Gasteiger partial charge on any atom is 0.252 e. The van der Waals surface area contributed by atoms with Gasteiger partial charge in [0, 0.05) is 24.0 Å². The molecule has 21 heavy (non-hydrogen) atoms. The van der Waals surface area contributed by atoms with Gasteiger partial charge in [-0.1, -0.05) is 11.6 Å². The number of halogens is 1. The van der Waals surface area contributed by atoms with Gasteiger partial charge in [-0.25, -0.2) is 0 Å². The van der Waals surface area contributed by atoms with E-state index in [2.05, 4.69) is 10.3 Å². The maximum absolute atomic E-state index is 11.9. The molecule has 1 heterocycles. The van der Waals surface area contributed by atoms with Crippen LogP contribution in [0.25, 0.3) is 0 Å². The Hall–Kier alpha value is -2.07. The summed E-state index contributed by atoms with van der Waals surface area (Å²) in [5.74, 6) is 0.646. The average molecular weight is 305 g/mol. The number of benzene rings is 1. The Bertz CT molecular complexity index is 630. The van der Waals surface area contributed by atoms with E-state index >= 15 is 0 Å². The maximum atomic E-state index is 11.9. The van der Waals surface area contributed by atoms with E-state index in [1.54, 1.807) is 31.6 Å². The number of aromatic nitrogens is 1. The Morgan fingerprint density at radius 2 is 2.24 bits per heavy atom. The molecule has 0 radical (unpaired) electrons. The lowest BCUT2D eigenvalue weighted by atomic mass is 10.1. The summed E-state index contributed by atoms with van der Waals surface area (Å²) in [7, 11) is 1.63. The first-order chi connectivity index (χ1) is 10.1. The van der Waals surface area contributed by atoms with E-state index in [-0.39, 0.29) is 5.91 Å². The van der Waals surface area contributed by atoms with Gasteiger partial charge in [-0.3, -0.25) is 9.78 Å². The number of methoxy groups -OCH3 is 1. The van der Waals surface area contributed by atoms with E-state index in [1.165, 1.54) is 0 Å². The number of hydrogen-bond donors (Lipinski definition) is 1. The summed E-state index contributed by atoms with van der Waals surface area (Å²) in [6.07, 6.45) is 3.82. The predicted octanol–water partition coefficient (Wildman–Crippen LogP) is 3.02. The lowest BCUT2D eigenvalue weighted by molar-refractivity contribution is 0.0953. The van der Waals surface area contributed by atoms with Crippen LogP contribution < -0.4 is 10.1 Å². The number of hydrogen-bond acceptors (Lipinski definition) is 3. The summed E-state index contributed by atoms with van der Waals surface area (Å²) in [6, 6.07) is 7.25. The summed E-state index contributed by atoms with van der Waals surface area (Å²) in [6.45, 7) is 2.43. The number of ether oxygens (including phenoxy) is 1. The highest BCUT2D eigenvalue weighted by molar-refractivity contribution is 6.31. The second-order valence-corrected chi connectivity index (χ2v) is 5.07. The molecule has 0 saturated heterocycles. The monoisotopic (exact) mass is 304 g/mol. The van der Waals surface area contributed by atoms with Gasteiger partial charge in [0.2, 0.25) is 0 Å². The van der Waals surface area contributed by atoms with Crippen LogP contribution in [0.3, 0.4) is 0 Å². The Kier molecular flexibility index (Phi) is 5.17. The molecular weight excluding hydrogens is 288 g/mol. The SMILES string of the molecule is COc1cc(C)c(Cl)cc1CCNC(=O)c1cccnc1. The molecule has 0 saturated carbocycles. The highest BCUT2D eigenvalue weighted by Crippen LogP contribution is 2.26. The van der Waals surface area contributed by atoms with Crippen molar-refractivity contribution < 1.29 is 9.53 Å². The van der Waals surface area contributed by atoms with Crippen LogP contribution in [0.2, 0.25) is 5.02 Å². The Labute approximate surface area is 129 Å². The molecule has 110 valence electrons.